The van der Waals surface area contributed by atoms with Crippen LogP contribution in [0.3, 0.4) is 0 Å². The molecule has 1 aromatic carbocycles. The highest BCUT2D eigenvalue weighted by Crippen LogP contribution is 2.16. The Morgan fingerprint density at radius 1 is 1.47 bits per heavy atom. The van der Waals surface area contributed by atoms with Crippen LogP contribution in [0.15, 0.2) is 18.2 Å². The molecular formula is C12H15BNO. The molecule has 0 heterocycles. The third-order valence-corrected chi connectivity index (χ3v) is 2.03. The van der Waals surface area contributed by atoms with E-state index >= 15 is 0 Å². The Morgan fingerprint density at radius 3 is 2.73 bits per heavy atom. The minimum Gasteiger partial charge on any atom is -0.492 e. The molecule has 0 aliphatic carbocycles. The molecule has 0 spiro atoms. The van der Waals surface area contributed by atoms with Gasteiger partial charge in [-0.3, -0.25) is 0 Å². The van der Waals surface area contributed by atoms with Gasteiger partial charge in [0, 0.05) is 0 Å². The second kappa shape index (κ2) is 5.45. The van der Waals surface area contributed by atoms with Crippen LogP contribution in [0.2, 0.25) is 6.82 Å². The lowest BCUT2D eigenvalue weighted by molar-refractivity contribution is 0.270. The Hall–Kier alpha value is -1.43. The number of ether oxygens (including phenoxy) is 1. The summed E-state index contributed by atoms with van der Waals surface area (Å²) in [5.74, 6) is 1.14. The lowest BCUT2D eigenvalue weighted by Crippen LogP contribution is -2.12. The van der Waals surface area contributed by atoms with E-state index in [1.165, 1.54) is 0 Å². The molecule has 15 heavy (non-hydrogen) atoms. The normalized spacial score (nSPS) is 9.80. The van der Waals surface area contributed by atoms with Crippen LogP contribution in [0.1, 0.15) is 19.4 Å². The molecule has 0 atom stereocenters. The zero-order chi connectivity index (χ0) is 11.3. The van der Waals surface area contributed by atoms with Gasteiger partial charge < -0.3 is 4.74 Å². The molecule has 0 bridgehead atoms. The number of nitriles is 1. The standard InChI is InChI=1S/C12H15BNO/c1-9(2)8-15-12-5-4-11(13-3)6-10(12)7-14/h4-6,9H,8H2,1-3H3. The van der Waals surface area contributed by atoms with E-state index in [0.717, 1.165) is 5.46 Å². The highest BCUT2D eigenvalue weighted by atomic mass is 16.5. The maximum absolute atomic E-state index is 8.96. The Balaban J connectivity index is 2.84. The molecule has 2 nitrogen and oxygen atoms in total. The van der Waals surface area contributed by atoms with Gasteiger partial charge in [0.15, 0.2) is 0 Å². The lowest BCUT2D eigenvalue weighted by Gasteiger charge is -2.10. The molecular weight excluding hydrogens is 185 g/mol. The number of hydrogen-bond donors (Lipinski definition) is 0. The first-order valence-corrected chi connectivity index (χ1v) is 5.13. The summed E-state index contributed by atoms with van der Waals surface area (Å²) < 4.78 is 5.55. The van der Waals surface area contributed by atoms with Crippen LogP contribution in [-0.2, 0) is 0 Å². The monoisotopic (exact) mass is 200 g/mol. The molecule has 0 aliphatic rings. The van der Waals surface area contributed by atoms with E-state index in [4.69, 9.17) is 10.00 Å². The summed E-state index contributed by atoms with van der Waals surface area (Å²) in [6.07, 6.45) is 0. The molecule has 0 aromatic heterocycles. The molecule has 0 fully saturated rings. The smallest absolute Gasteiger partial charge is 0.148 e. The third kappa shape index (κ3) is 3.32. The average molecular weight is 200 g/mol. The minimum atomic E-state index is 0.467. The molecule has 0 unspecified atom stereocenters. The zero-order valence-corrected chi connectivity index (χ0v) is 9.45. The summed E-state index contributed by atoms with van der Waals surface area (Å²) in [4.78, 5) is 0. The molecule has 0 N–H and O–H groups in total. The average Bonchev–Trinajstić information content (AvgIpc) is 2.25. The summed E-state index contributed by atoms with van der Waals surface area (Å²) in [5, 5.41) is 8.96. The molecule has 1 rings (SSSR count). The lowest BCUT2D eigenvalue weighted by atomic mass is 9.73. The number of benzene rings is 1. The van der Waals surface area contributed by atoms with Crippen LogP contribution in [-0.4, -0.2) is 13.9 Å². The van der Waals surface area contributed by atoms with Gasteiger partial charge in [-0.1, -0.05) is 32.2 Å². The predicted octanol–water partition coefficient (Wildman–Crippen LogP) is 1.97. The van der Waals surface area contributed by atoms with E-state index in [0.29, 0.717) is 23.8 Å². The van der Waals surface area contributed by atoms with E-state index in [1.54, 1.807) is 0 Å². The fourth-order valence-electron chi connectivity index (χ4n) is 1.20. The van der Waals surface area contributed by atoms with Crippen molar-refractivity contribution < 1.29 is 4.74 Å². The van der Waals surface area contributed by atoms with E-state index in [9.17, 15) is 0 Å². The molecule has 0 aliphatic heterocycles. The summed E-state index contributed by atoms with van der Waals surface area (Å²) in [7, 11) is 1.97. The summed E-state index contributed by atoms with van der Waals surface area (Å²) in [6, 6.07) is 7.80. The maximum atomic E-state index is 8.96. The van der Waals surface area contributed by atoms with Gasteiger partial charge in [0.25, 0.3) is 0 Å². The van der Waals surface area contributed by atoms with Gasteiger partial charge >= 0.3 is 0 Å². The van der Waals surface area contributed by atoms with Gasteiger partial charge in [-0.05, 0) is 18.1 Å². The van der Waals surface area contributed by atoms with E-state index in [-0.39, 0.29) is 0 Å². The number of nitrogens with zero attached hydrogens (tertiary/aromatic N) is 1. The van der Waals surface area contributed by atoms with Crippen molar-refractivity contribution in [2.75, 3.05) is 6.61 Å². The summed E-state index contributed by atoms with van der Waals surface area (Å²) in [6.45, 7) is 6.76. The van der Waals surface area contributed by atoms with E-state index < -0.39 is 0 Å². The molecule has 1 radical (unpaired) electrons. The van der Waals surface area contributed by atoms with Crippen LogP contribution in [0.4, 0.5) is 0 Å². The van der Waals surface area contributed by atoms with Crippen molar-refractivity contribution >= 4 is 12.7 Å². The van der Waals surface area contributed by atoms with E-state index in [2.05, 4.69) is 19.9 Å². The maximum Gasteiger partial charge on any atom is 0.148 e. The molecule has 1 aromatic rings. The first-order valence-electron chi connectivity index (χ1n) is 5.13. The van der Waals surface area contributed by atoms with Gasteiger partial charge in [-0.25, -0.2) is 0 Å². The quantitative estimate of drug-likeness (QED) is 0.696. The SMILES string of the molecule is C[B]c1ccc(OCC(C)C)c(C#N)c1. The van der Waals surface area contributed by atoms with Gasteiger partial charge in [-0.15, -0.1) is 0 Å². The van der Waals surface area contributed by atoms with Crippen LogP contribution >= 0.6 is 0 Å². The Kier molecular flexibility index (Phi) is 4.24. The van der Waals surface area contributed by atoms with Crippen molar-refractivity contribution in [3.63, 3.8) is 0 Å². The Bertz CT molecular complexity index is 368. The van der Waals surface area contributed by atoms with Crippen molar-refractivity contribution in [1.82, 2.24) is 0 Å². The van der Waals surface area contributed by atoms with Gasteiger partial charge in [-0.2, -0.15) is 5.26 Å². The number of hydrogen-bond acceptors (Lipinski definition) is 2. The van der Waals surface area contributed by atoms with Crippen LogP contribution in [0, 0.1) is 17.2 Å². The minimum absolute atomic E-state index is 0.467. The second-order valence-electron chi connectivity index (χ2n) is 3.86. The predicted molar refractivity (Wildman–Crippen MR) is 62.7 cm³/mol. The molecule has 0 saturated heterocycles. The van der Waals surface area contributed by atoms with Gasteiger partial charge in [0.1, 0.15) is 19.1 Å². The fraction of sp³-hybridized carbons (Fsp3) is 0.417. The zero-order valence-electron chi connectivity index (χ0n) is 9.45. The molecule has 77 valence electrons. The second-order valence-corrected chi connectivity index (χ2v) is 3.86. The highest BCUT2D eigenvalue weighted by molar-refractivity contribution is 6.51. The van der Waals surface area contributed by atoms with Gasteiger partial charge in [0.05, 0.1) is 12.2 Å². The molecule has 3 heteroatoms. The summed E-state index contributed by atoms with van der Waals surface area (Å²) in [5.41, 5.74) is 1.65. The first-order chi connectivity index (χ1) is 7.17. The molecule has 0 saturated carbocycles. The Morgan fingerprint density at radius 2 is 2.20 bits per heavy atom. The first kappa shape index (κ1) is 11.6. The van der Waals surface area contributed by atoms with Crippen LogP contribution in [0.25, 0.3) is 0 Å². The summed E-state index contributed by atoms with van der Waals surface area (Å²) >= 11 is 0. The third-order valence-electron chi connectivity index (χ3n) is 2.03. The van der Waals surface area contributed by atoms with E-state index in [1.807, 2.05) is 32.3 Å². The van der Waals surface area contributed by atoms with Crippen molar-refractivity contribution in [3.8, 4) is 11.8 Å². The number of rotatable bonds is 4. The Labute approximate surface area is 92.1 Å². The molecule has 0 amide bonds. The highest BCUT2D eigenvalue weighted by Gasteiger charge is 2.05. The van der Waals surface area contributed by atoms with Crippen molar-refractivity contribution in [2.24, 2.45) is 5.92 Å². The fourth-order valence-corrected chi connectivity index (χ4v) is 1.20. The van der Waals surface area contributed by atoms with Crippen molar-refractivity contribution in [3.05, 3.63) is 23.8 Å². The van der Waals surface area contributed by atoms with Gasteiger partial charge in [0.2, 0.25) is 0 Å². The van der Waals surface area contributed by atoms with Crippen LogP contribution < -0.4 is 10.2 Å². The van der Waals surface area contributed by atoms with Crippen molar-refractivity contribution in [2.45, 2.75) is 20.7 Å². The van der Waals surface area contributed by atoms with Crippen molar-refractivity contribution in [1.29, 1.82) is 5.26 Å². The topological polar surface area (TPSA) is 33.0 Å². The van der Waals surface area contributed by atoms with Crippen LogP contribution in [0.5, 0.6) is 5.75 Å². The largest absolute Gasteiger partial charge is 0.492 e.